The first-order chi connectivity index (χ1) is 15.9. The number of rotatable bonds is 5. The van der Waals surface area contributed by atoms with Crippen molar-refractivity contribution in [1.82, 2.24) is 14.1 Å². The Hall–Kier alpha value is -2.80. The van der Waals surface area contributed by atoms with Gasteiger partial charge in [-0.1, -0.05) is 42.5 Å². The van der Waals surface area contributed by atoms with Crippen molar-refractivity contribution >= 4 is 15.9 Å². The van der Waals surface area contributed by atoms with Crippen molar-refractivity contribution in [3.8, 4) is 6.07 Å². The van der Waals surface area contributed by atoms with Gasteiger partial charge in [0.15, 0.2) is 0 Å². The van der Waals surface area contributed by atoms with Crippen LogP contribution in [0, 0.1) is 23.1 Å². The van der Waals surface area contributed by atoms with Gasteiger partial charge in [-0.3, -0.25) is 9.69 Å². The van der Waals surface area contributed by atoms with E-state index in [1.165, 1.54) is 22.5 Å². The van der Waals surface area contributed by atoms with E-state index in [4.69, 9.17) is 0 Å². The molecule has 0 spiro atoms. The lowest BCUT2D eigenvalue weighted by Gasteiger charge is -2.39. The van der Waals surface area contributed by atoms with E-state index in [0.717, 1.165) is 11.6 Å². The highest BCUT2D eigenvalue weighted by molar-refractivity contribution is 7.89. The van der Waals surface area contributed by atoms with Gasteiger partial charge in [0.05, 0.1) is 6.07 Å². The zero-order valence-electron chi connectivity index (χ0n) is 18.3. The Bertz CT molecular complexity index is 1120. The van der Waals surface area contributed by atoms with Gasteiger partial charge < -0.3 is 4.90 Å². The third kappa shape index (κ3) is 4.93. The van der Waals surface area contributed by atoms with Crippen LogP contribution in [-0.2, 0) is 14.8 Å². The summed E-state index contributed by atoms with van der Waals surface area (Å²) in [5.74, 6) is -0.977. The minimum absolute atomic E-state index is 0.0332. The molecular formula is C24H27FN4O3S. The van der Waals surface area contributed by atoms with Crippen molar-refractivity contribution in [2.75, 3.05) is 39.3 Å². The number of sulfonamides is 1. The van der Waals surface area contributed by atoms with E-state index in [-0.39, 0.29) is 35.9 Å². The molecule has 0 bridgehead atoms. The third-order valence-corrected chi connectivity index (χ3v) is 8.42. The molecular weight excluding hydrogens is 443 g/mol. The van der Waals surface area contributed by atoms with Crippen molar-refractivity contribution in [2.45, 2.75) is 23.8 Å². The lowest BCUT2D eigenvalue weighted by molar-refractivity contribution is -0.138. The van der Waals surface area contributed by atoms with Gasteiger partial charge in [-0.05, 0) is 30.5 Å². The van der Waals surface area contributed by atoms with Gasteiger partial charge in [-0.2, -0.15) is 9.57 Å². The zero-order chi connectivity index (χ0) is 23.4. The summed E-state index contributed by atoms with van der Waals surface area (Å²) < 4.78 is 40.9. The predicted octanol–water partition coefficient (Wildman–Crippen LogP) is 2.64. The summed E-state index contributed by atoms with van der Waals surface area (Å²) in [5, 5.41) is 9.65. The molecule has 1 amide bonds. The Morgan fingerprint density at radius 3 is 2.15 bits per heavy atom. The summed E-state index contributed by atoms with van der Waals surface area (Å²) in [6, 6.07) is 17.0. The number of piperazine rings is 1. The average Bonchev–Trinajstić information content (AvgIpc) is 2.85. The van der Waals surface area contributed by atoms with Crippen LogP contribution >= 0.6 is 0 Å². The van der Waals surface area contributed by atoms with Gasteiger partial charge in [0.25, 0.3) is 0 Å². The van der Waals surface area contributed by atoms with Crippen LogP contribution in [0.15, 0.2) is 59.5 Å². The molecule has 4 rings (SSSR count). The monoisotopic (exact) mass is 470 g/mol. The number of carbonyl (C=O) groups excluding carboxylic acids is 1. The first-order valence-electron chi connectivity index (χ1n) is 11.1. The van der Waals surface area contributed by atoms with Crippen LogP contribution in [0.1, 0.15) is 24.4 Å². The van der Waals surface area contributed by atoms with E-state index in [1.54, 1.807) is 0 Å². The predicted molar refractivity (Wildman–Crippen MR) is 121 cm³/mol. The Balaban J connectivity index is 1.32. The molecule has 7 nitrogen and oxygen atoms in total. The van der Waals surface area contributed by atoms with E-state index < -0.39 is 15.8 Å². The molecule has 0 unspecified atom stereocenters. The molecule has 174 valence electrons. The van der Waals surface area contributed by atoms with Crippen molar-refractivity contribution in [2.24, 2.45) is 5.92 Å². The number of halogens is 1. The van der Waals surface area contributed by atoms with Crippen LogP contribution < -0.4 is 0 Å². The molecule has 2 saturated heterocycles. The Morgan fingerprint density at radius 2 is 1.55 bits per heavy atom. The number of hydrogen-bond acceptors (Lipinski definition) is 5. The molecule has 0 N–H and O–H groups in total. The SMILES string of the molecule is N#C[C@H](c1ccccc1)N1CCN(C(=O)C2CCN(S(=O)(=O)c3ccccc3F)CC2)CC1. The van der Waals surface area contributed by atoms with Crippen molar-refractivity contribution in [3.05, 3.63) is 66.0 Å². The Morgan fingerprint density at radius 1 is 0.939 bits per heavy atom. The number of hydrogen-bond donors (Lipinski definition) is 0. The lowest BCUT2D eigenvalue weighted by Crippen LogP contribution is -2.52. The smallest absolute Gasteiger partial charge is 0.245 e. The number of benzene rings is 2. The lowest BCUT2D eigenvalue weighted by atomic mass is 9.96. The normalized spacial score (nSPS) is 19.7. The van der Waals surface area contributed by atoms with Gasteiger partial charge in [0.1, 0.15) is 16.8 Å². The minimum Gasteiger partial charge on any atom is -0.340 e. The van der Waals surface area contributed by atoms with Gasteiger partial charge in [0, 0.05) is 45.2 Å². The highest BCUT2D eigenvalue weighted by atomic mass is 32.2. The van der Waals surface area contributed by atoms with Gasteiger partial charge >= 0.3 is 0 Å². The maximum Gasteiger partial charge on any atom is 0.245 e. The standard InChI is InChI=1S/C24H27FN4O3S/c25-21-8-4-5-9-23(21)33(31,32)29-12-10-20(11-13-29)24(30)28-16-14-27(15-17-28)22(18-26)19-6-2-1-3-7-19/h1-9,20,22H,10-17H2/t22-/m1/s1. The summed E-state index contributed by atoms with van der Waals surface area (Å²) in [7, 11) is -3.92. The Kier molecular flexibility index (Phi) is 7.08. The molecule has 0 aromatic heterocycles. The quantitative estimate of drug-likeness (QED) is 0.671. The maximum absolute atomic E-state index is 14.0. The number of amides is 1. The third-order valence-electron chi connectivity index (χ3n) is 6.49. The van der Waals surface area contributed by atoms with E-state index in [2.05, 4.69) is 11.0 Å². The minimum atomic E-state index is -3.92. The number of carbonyl (C=O) groups is 1. The van der Waals surface area contributed by atoms with E-state index >= 15 is 0 Å². The first-order valence-corrected chi connectivity index (χ1v) is 12.6. The van der Waals surface area contributed by atoms with E-state index in [1.807, 2.05) is 35.2 Å². The molecule has 0 saturated carbocycles. The first kappa shape index (κ1) is 23.4. The zero-order valence-corrected chi connectivity index (χ0v) is 19.1. The number of piperidine rings is 1. The molecule has 2 aromatic rings. The summed E-state index contributed by atoms with van der Waals surface area (Å²) in [6.45, 7) is 2.68. The van der Waals surface area contributed by atoms with E-state index in [0.29, 0.717) is 39.0 Å². The molecule has 33 heavy (non-hydrogen) atoms. The summed E-state index contributed by atoms with van der Waals surface area (Å²) in [6.07, 6.45) is 0.829. The summed E-state index contributed by atoms with van der Waals surface area (Å²) >= 11 is 0. The highest BCUT2D eigenvalue weighted by Gasteiger charge is 2.36. The van der Waals surface area contributed by atoms with Crippen LogP contribution in [0.5, 0.6) is 0 Å². The van der Waals surface area contributed by atoms with E-state index in [9.17, 15) is 22.9 Å². The fourth-order valence-electron chi connectivity index (χ4n) is 4.60. The van der Waals surface area contributed by atoms with Crippen LogP contribution in [0.2, 0.25) is 0 Å². The van der Waals surface area contributed by atoms with Crippen LogP contribution in [0.25, 0.3) is 0 Å². The molecule has 1 atom stereocenters. The molecule has 0 radical (unpaired) electrons. The molecule has 2 fully saturated rings. The highest BCUT2D eigenvalue weighted by Crippen LogP contribution is 2.27. The van der Waals surface area contributed by atoms with Gasteiger partial charge in [-0.25, -0.2) is 12.8 Å². The Labute approximate surface area is 194 Å². The fraction of sp³-hybridized carbons (Fsp3) is 0.417. The summed E-state index contributed by atoms with van der Waals surface area (Å²) in [4.78, 5) is 16.6. The second-order valence-corrected chi connectivity index (χ2v) is 10.3. The van der Waals surface area contributed by atoms with Crippen LogP contribution in [0.4, 0.5) is 4.39 Å². The van der Waals surface area contributed by atoms with Crippen molar-refractivity contribution < 1.29 is 17.6 Å². The van der Waals surface area contributed by atoms with Gasteiger partial charge in [-0.15, -0.1) is 0 Å². The second-order valence-electron chi connectivity index (χ2n) is 8.41. The number of nitriles is 1. The van der Waals surface area contributed by atoms with Gasteiger partial charge in [0.2, 0.25) is 15.9 Å². The molecule has 2 aliphatic rings. The molecule has 2 aromatic carbocycles. The van der Waals surface area contributed by atoms with Crippen LogP contribution in [-0.4, -0.2) is 67.7 Å². The van der Waals surface area contributed by atoms with Crippen molar-refractivity contribution in [1.29, 1.82) is 5.26 Å². The second kappa shape index (κ2) is 10.00. The largest absolute Gasteiger partial charge is 0.340 e. The molecule has 0 aliphatic carbocycles. The molecule has 2 heterocycles. The average molecular weight is 471 g/mol. The molecule has 9 heteroatoms. The topological polar surface area (TPSA) is 84.7 Å². The number of nitrogens with zero attached hydrogens (tertiary/aromatic N) is 4. The fourth-order valence-corrected chi connectivity index (χ4v) is 6.13. The van der Waals surface area contributed by atoms with Crippen molar-refractivity contribution in [3.63, 3.8) is 0 Å². The maximum atomic E-state index is 14.0. The molecule has 2 aliphatic heterocycles. The summed E-state index contributed by atoms with van der Waals surface area (Å²) in [5.41, 5.74) is 0.947. The van der Waals surface area contributed by atoms with Crippen LogP contribution in [0.3, 0.4) is 0 Å².